The lowest BCUT2D eigenvalue weighted by Crippen LogP contribution is -2.22. The molecule has 106 valence electrons. The lowest BCUT2D eigenvalue weighted by molar-refractivity contribution is 0.425. The van der Waals surface area contributed by atoms with E-state index in [9.17, 15) is 8.42 Å². The smallest absolute Gasteiger partial charge is 0.208 e. The summed E-state index contributed by atoms with van der Waals surface area (Å²) in [6.45, 7) is 2.42. The third-order valence-corrected chi connectivity index (χ3v) is 5.28. The van der Waals surface area contributed by atoms with Crippen molar-refractivity contribution >= 4 is 9.84 Å². The molecule has 20 heavy (non-hydrogen) atoms. The van der Waals surface area contributed by atoms with Gasteiger partial charge in [0.05, 0.1) is 23.4 Å². The van der Waals surface area contributed by atoms with E-state index >= 15 is 0 Å². The molecular weight excluding hydrogens is 276 g/mol. The third-order valence-electron chi connectivity index (χ3n) is 3.47. The number of sulfone groups is 1. The van der Waals surface area contributed by atoms with Crippen LogP contribution in [0, 0.1) is 0 Å². The van der Waals surface area contributed by atoms with Crippen LogP contribution in [0.15, 0.2) is 39.8 Å². The summed E-state index contributed by atoms with van der Waals surface area (Å²) in [5.74, 6) is 1.51. The summed E-state index contributed by atoms with van der Waals surface area (Å²) < 4.78 is 29.6. The number of hydrogen-bond donors (Lipinski definition) is 1. The van der Waals surface area contributed by atoms with Crippen molar-refractivity contribution in [2.45, 2.75) is 30.8 Å². The van der Waals surface area contributed by atoms with Crippen molar-refractivity contribution < 1.29 is 12.8 Å². The van der Waals surface area contributed by atoms with Crippen LogP contribution in [0.5, 0.6) is 0 Å². The number of aromatic nitrogens is 1. The Bertz CT molecular complexity index is 722. The number of benzene rings is 1. The minimum absolute atomic E-state index is 0.0910. The summed E-state index contributed by atoms with van der Waals surface area (Å²) in [6, 6.07) is 6.92. The zero-order valence-electron chi connectivity index (χ0n) is 11.2. The second kappa shape index (κ2) is 5.03. The molecule has 0 saturated carbocycles. The SMILES string of the molecule is CCc1cnc(CNC2CS(=O)(=O)c3ccccc32)o1. The first-order valence-corrected chi connectivity index (χ1v) is 8.24. The Balaban J connectivity index is 1.76. The first kappa shape index (κ1) is 13.3. The highest BCUT2D eigenvalue weighted by molar-refractivity contribution is 7.91. The van der Waals surface area contributed by atoms with E-state index in [4.69, 9.17) is 4.42 Å². The maximum absolute atomic E-state index is 12.0. The maximum Gasteiger partial charge on any atom is 0.208 e. The summed E-state index contributed by atoms with van der Waals surface area (Å²) in [5, 5.41) is 3.21. The molecule has 0 amide bonds. The summed E-state index contributed by atoms with van der Waals surface area (Å²) >= 11 is 0. The van der Waals surface area contributed by atoms with Crippen molar-refractivity contribution in [1.82, 2.24) is 10.3 Å². The summed E-state index contributed by atoms with van der Waals surface area (Å²) in [4.78, 5) is 4.59. The summed E-state index contributed by atoms with van der Waals surface area (Å²) in [7, 11) is -3.17. The topological polar surface area (TPSA) is 72.2 Å². The van der Waals surface area contributed by atoms with Gasteiger partial charge in [-0.05, 0) is 11.6 Å². The zero-order chi connectivity index (χ0) is 14.2. The Morgan fingerprint density at radius 2 is 2.20 bits per heavy atom. The number of nitrogens with zero attached hydrogens (tertiary/aromatic N) is 1. The van der Waals surface area contributed by atoms with E-state index in [1.54, 1.807) is 18.3 Å². The number of nitrogens with one attached hydrogen (secondary N) is 1. The highest BCUT2D eigenvalue weighted by atomic mass is 32.2. The van der Waals surface area contributed by atoms with Gasteiger partial charge >= 0.3 is 0 Å². The lowest BCUT2D eigenvalue weighted by Gasteiger charge is -2.10. The van der Waals surface area contributed by atoms with Gasteiger partial charge in [0, 0.05) is 12.5 Å². The number of oxazole rings is 1. The van der Waals surface area contributed by atoms with Crippen LogP contribution in [-0.4, -0.2) is 19.2 Å². The molecule has 3 rings (SSSR count). The normalized spacial score (nSPS) is 19.9. The standard InChI is InChI=1S/C14H16N2O3S/c1-2-10-7-16-14(19-10)8-15-12-9-20(17,18)13-6-4-3-5-11(12)13/h3-7,12,15H,2,8-9H2,1H3. The zero-order valence-corrected chi connectivity index (χ0v) is 12.0. The monoisotopic (exact) mass is 292 g/mol. The predicted molar refractivity (Wildman–Crippen MR) is 74.0 cm³/mol. The van der Waals surface area contributed by atoms with Gasteiger partial charge in [-0.1, -0.05) is 25.1 Å². The molecule has 1 unspecified atom stereocenters. The Kier molecular flexibility index (Phi) is 3.35. The highest BCUT2D eigenvalue weighted by Gasteiger charge is 2.34. The number of aryl methyl sites for hydroxylation is 1. The van der Waals surface area contributed by atoms with Crippen LogP contribution in [0.25, 0.3) is 0 Å². The van der Waals surface area contributed by atoms with Gasteiger partial charge in [0.15, 0.2) is 9.84 Å². The van der Waals surface area contributed by atoms with Crippen LogP contribution in [0.4, 0.5) is 0 Å². The first-order valence-electron chi connectivity index (χ1n) is 6.59. The van der Waals surface area contributed by atoms with E-state index in [1.165, 1.54) is 0 Å². The fraction of sp³-hybridized carbons (Fsp3) is 0.357. The van der Waals surface area contributed by atoms with Gasteiger partial charge in [-0.2, -0.15) is 0 Å². The fourth-order valence-corrected chi connectivity index (χ4v) is 4.19. The molecule has 2 aromatic rings. The molecule has 0 saturated heterocycles. The molecule has 6 heteroatoms. The van der Waals surface area contributed by atoms with Gasteiger partial charge < -0.3 is 9.73 Å². The van der Waals surface area contributed by atoms with Crippen molar-refractivity contribution in [3.05, 3.63) is 47.7 Å². The van der Waals surface area contributed by atoms with Crippen LogP contribution >= 0.6 is 0 Å². The molecule has 1 N–H and O–H groups in total. The Morgan fingerprint density at radius 3 is 2.95 bits per heavy atom. The van der Waals surface area contributed by atoms with Gasteiger partial charge in [0.1, 0.15) is 5.76 Å². The number of fused-ring (bicyclic) bond motifs is 1. The second-order valence-corrected chi connectivity index (χ2v) is 6.83. The predicted octanol–water partition coefficient (Wildman–Crippen LogP) is 1.86. The van der Waals surface area contributed by atoms with Crippen molar-refractivity contribution in [2.24, 2.45) is 0 Å². The summed E-state index contributed by atoms with van der Waals surface area (Å²) in [5.41, 5.74) is 0.828. The van der Waals surface area contributed by atoms with E-state index in [0.29, 0.717) is 17.3 Å². The largest absolute Gasteiger partial charge is 0.444 e. The Hall–Kier alpha value is -1.66. The molecule has 1 atom stereocenters. The Labute approximate surface area is 117 Å². The van der Waals surface area contributed by atoms with Gasteiger partial charge in [0.25, 0.3) is 0 Å². The van der Waals surface area contributed by atoms with Gasteiger partial charge in [0.2, 0.25) is 5.89 Å². The average molecular weight is 292 g/mol. The molecule has 0 fully saturated rings. The van der Waals surface area contributed by atoms with Crippen LogP contribution in [0.2, 0.25) is 0 Å². The molecule has 1 aliphatic rings. The molecule has 0 spiro atoms. The molecule has 1 aliphatic heterocycles. The van der Waals surface area contributed by atoms with Crippen molar-refractivity contribution in [2.75, 3.05) is 5.75 Å². The maximum atomic E-state index is 12.0. The number of rotatable bonds is 4. The van der Waals surface area contributed by atoms with E-state index in [-0.39, 0.29) is 11.8 Å². The minimum atomic E-state index is -3.17. The van der Waals surface area contributed by atoms with Crippen LogP contribution in [0.1, 0.15) is 30.2 Å². The van der Waals surface area contributed by atoms with E-state index in [1.807, 2.05) is 19.1 Å². The average Bonchev–Trinajstić information content (AvgIpc) is 3.00. The second-order valence-electron chi connectivity index (χ2n) is 4.83. The van der Waals surface area contributed by atoms with Crippen molar-refractivity contribution in [3.8, 4) is 0 Å². The third kappa shape index (κ3) is 2.36. The highest BCUT2D eigenvalue weighted by Crippen LogP contribution is 2.33. The van der Waals surface area contributed by atoms with Crippen LogP contribution in [-0.2, 0) is 22.8 Å². The number of hydrogen-bond acceptors (Lipinski definition) is 5. The Morgan fingerprint density at radius 1 is 1.40 bits per heavy atom. The van der Waals surface area contributed by atoms with Gasteiger partial charge in [-0.15, -0.1) is 0 Å². The molecule has 1 aromatic heterocycles. The molecule has 0 bridgehead atoms. The van der Waals surface area contributed by atoms with Gasteiger partial charge in [-0.25, -0.2) is 13.4 Å². The first-order chi connectivity index (χ1) is 9.60. The fourth-order valence-electron chi connectivity index (χ4n) is 2.42. The minimum Gasteiger partial charge on any atom is -0.444 e. The molecule has 2 heterocycles. The molecule has 1 aromatic carbocycles. The lowest BCUT2D eigenvalue weighted by atomic mass is 10.1. The van der Waals surface area contributed by atoms with Gasteiger partial charge in [-0.3, -0.25) is 0 Å². The summed E-state index contributed by atoms with van der Waals surface area (Å²) in [6.07, 6.45) is 2.50. The van der Waals surface area contributed by atoms with E-state index in [0.717, 1.165) is 17.7 Å². The van der Waals surface area contributed by atoms with Crippen LogP contribution < -0.4 is 5.32 Å². The quantitative estimate of drug-likeness (QED) is 0.931. The van der Waals surface area contributed by atoms with Crippen LogP contribution in [0.3, 0.4) is 0 Å². The molecule has 0 aliphatic carbocycles. The van der Waals surface area contributed by atoms with E-state index in [2.05, 4.69) is 10.3 Å². The van der Waals surface area contributed by atoms with E-state index < -0.39 is 9.84 Å². The molecule has 5 nitrogen and oxygen atoms in total. The molecule has 0 radical (unpaired) electrons. The molecular formula is C14H16N2O3S. The van der Waals surface area contributed by atoms with Crippen molar-refractivity contribution in [1.29, 1.82) is 0 Å². The van der Waals surface area contributed by atoms with Crippen molar-refractivity contribution in [3.63, 3.8) is 0 Å².